The Labute approximate surface area is 167 Å². The first-order valence-electron chi connectivity index (χ1n) is 10.3. The van der Waals surface area contributed by atoms with Crippen molar-refractivity contribution in [1.29, 1.82) is 0 Å². The highest BCUT2D eigenvalue weighted by molar-refractivity contribution is 5.83. The van der Waals surface area contributed by atoms with Crippen molar-refractivity contribution in [3.63, 3.8) is 0 Å². The van der Waals surface area contributed by atoms with Crippen molar-refractivity contribution in [3.05, 3.63) is 76.4 Å². The van der Waals surface area contributed by atoms with Crippen molar-refractivity contribution in [3.8, 4) is 0 Å². The van der Waals surface area contributed by atoms with Crippen LogP contribution in [0, 0.1) is 31.4 Å². The minimum atomic E-state index is -0.209. The van der Waals surface area contributed by atoms with E-state index in [0.29, 0.717) is 29.1 Å². The molecule has 1 nitrogen and oxygen atoms in total. The zero-order valence-corrected chi connectivity index (χ0v) is 17.3. The molecule has 3 heteroatoms. The molecule has 0 N–H and O–H groups in total. The minimum absolute atomic E-state index is 0.209. The van der Waals surface area contributed by atoms with Crippen molar-refractivity contribution < 1.29 is 13.3 Å². The number of rotatable bonds is 3. The fraction of sp³-hybridized carbons (Fsp3) is 0.440. The van der Waals surface area contributed by atoms with E-state index in [2.05, 4.69) is 20.2 Å². The first-order valence-corrected chi connectivity index (χ1v) is 10.3. The van der Waals surface area contributed by atoms with Gasteiger partial charge in [0.1, 0.15) is 11.6 Å². The van der Waals surface area contributed by atoms with Gasteiger partial charge >= 0.3 is 0 Å². The monoisotopic (exact) mass is 382 g/mol. The van der Waals surface area contributed by atoms with Crippen LogP contribution in [0.25, 0.3) is 5.57 Å². The highest BCUT2D eigenvalue weighted by atomic mass is 19.1. The number of quaternary nitrogens is 1. The van der Waals surface area contributed by atoms with Gasteiger partial charge in [-0.15, -0.1) is 0 Å². The fourth-order valence-electron chi connectivity index (χ4n) is 5.42. The summed E-state index contributed by atoms with van der Waals surface area (Å²) >= 11 is 0. The molecule has 0 unspecified atom stereocenters. The van der Waals surface area contributed by atoms with Crippen LogP contribution in [0.1, 0.15) is 47.9 Å². The lowest BCUT2D eigenvalue weighted by Gasteiger charge is -2.44. The van der Waals surface area contributed by atoms with E-state index in [1.807, 2.05) is 26.0 Å². The average molecular weight is 383 g/mol. The predicted molar refractivity (Wildman–Crippen MR) is 111 cm³/mol. The van der Waals surface area contributed by atoms with Gasteiger partial charge in [0.25, 0.3) is 0 Å². The highest BCUT2D eigenvalue weighted by Gasteiger charge is 2.48. The maximum atomic E-state index is 14.3. The lowest BCUT2D eigenvalue weighted by Crippen LogP contribution is -2.54. The number of benzene rings is 2. The summed E-state index contributed by atoms with van der Waals surface area (Å²) in [7, 11) is 4.72. The first kappa shape index (κ1) is 19.3. The van der Waals surface area contributed by atoms with Crippen LogP contribution < -0.4 is 0 Å². The molecule has 2 aliphatic heterocycles. The third-order valence-corrected chi connectivity index (χ3v) is 7.38. The SMILES string of the molecule is Cc1c(F)cccc1C(=CC1C[C@@H]2CC[C@@H](C1)[N+]2(C)C)c1cccc(F)c1C. The molecule has 0 aromatic heterocycles. The Morgan fingerprint density at radius 3 is 1.79 bits per heavy atom. The summed E-state index contributed by atoms with van der Waals surface area (Å²) in [6.07, 6.45) is 7.18. The van der Waals surface area contributed by atoms with Gasteiger partial charge < -0.3 is 4.48 Å². The van der Waals surface area contributed by atoms with Gasteiger partial charge in [-0.25, -0.2) is 8.78 Å². The number of hydrogen-bond donors (Lipinski definition) is 0. The Hall–Kier alpha value is -2.00. The smallest absolute Gasteiger partial charge is 0.126 e. The lowest BCUT2D eigenvalue weighted by molar-refractivity contribution is -0.931. The first-order chi connectivity index (χ1) is 13.3. The van der Waals surface area contributed by atoms with Gasteiger partial charge in [-0.1, -0.05) is 30.3 Å². The lowest BCUT2D eigenvalue weighted by atomic mass is 9.83. The van der Waals surface area contributed by atoms with E-state index in [1.165, 1.54) is 25.0 Å². The number of halogens is 2. The van der Waals surface area contributed by atoms with Crippen molar-refractivity contribution in [1.82, 2.24) is 0 Å². The van der Waals surface area contributed by atoms with Gasteiger partial charge in [0.05, 0.1) is 26.2 Å². The summed E-state index contributed by atoms with van der Waals surface area (Å²) in [5.41, 5.74) is 3.99. The molecule has 0 saturated carbocycles. The molecular formula is C25H30F2N+. The molecule has 2 saturated heterocycles. The summed E-state index contributed by atoms with van der Waals surface area (Å²) in [5.74, 6) is 0.0296. The number of fused-ring (bicyclic) bond motifs is 2. The molecule has 0 radical (unpaired) electrons. The summed E-state index contributed by atoms with van der Waals surface area (Å²) in [6.45, 7) is 3.63. The van der Waals surface area contributed by atoms with Crippen LogP contribution in [0.15, 0.2) is 42.5 Å². The summed E-state index contributed by atoms with van der Waals surface area (Å²) in [4.78, 5) is 0. The van der Waals surface area contributed by atoms with E-state index in [0.717, 1.165) is 34.0 Å². The van der Waals surface area contributed by atoms with Crippen molar-refractivity contribution in [2.45, 2.75) is 51.6 Å². The van der Waals surface area contributed by atoms with E-state index in [9.17, 15) is 8.78 Å². The Balaban J connectivity index is 1.81. The molecule has 2 atom stereocenters. The topological polar surface area (TPSA) is 0 Å². The zero-order valence-electron chi connectivity index (χ0n) is 17.3. The maximum Gasteiger partial charge on any atom is 0.126 e. The van der Waals surface area contributed by atoms with Crippen LogP contribution in [0.3, 0.4) is 0 Å². The molecular weight excluding hydrogens is 352 g/mol. The van der Waals surface area contributed by atoms with E-state index in [-0.39, 0.29) is 11.6 Å². The van der Waals surface area contributed by atoms with Crippen molar-refractivity contribution in [2.24, 2.45) is 5.92 Å². The highest BCUT2D eigenvalue weighted by Crippen LogP contribution is 2.44. The van der Waals surface area contributed by atoms with Crippen LogP contribution in [-0.4, -0.2) is 30.7 Å². The quantitative estimate of drug-likeness (QED) is 0.569. The molecule has 0 amide bonds. The van der Waals surface area contributed by atoms with E-state index >= 15 is 0 Å². The molecule has 2 bridgehead atoms. The summed E-state index contributed by atoms with van der Waals surface area (Å²) in [5, 5.41) is 0. The van der Waals surface area contributed by atoms with Gasteiger partial charge in [-0.3, -0.25) is 0 Å². The number of hydrogen-bond acceptors (Lipinski definition) is 0. The molecule has 4 rings (SSSR count). The van der Waals surface area contributed by atoms with Crippen LogP contribution in [0.5, 0.6) is 0 Å². The third-order valence-electron chi connectivity index (χ3n) is 7.38. The normalized spacial score (nSPS) is 25.6. The molecule has 2 aromatic rings. The average Bonchev–Trinajstić information content (AvgIpc) is 2.83. The van der Waals surface area contributed by atoms with Gasteiger partial charge in [0.15, 0.2) is 0 Å². The Morgan fingerprint density at radius 1 is 0.857 bits per heavy atom. The Kier molecular flexibility index (Phi) is 4.91. The minimum Gasteiger partial charge on any atom is -0.324 e. The van der Waals surface area contributed by atoms with Gasteiger partial charge in [0.2, 0.25) is 0 Å². The van der Waals surface area contributed by atoms with Crippen LogP contribution >= 0.6 is 0 Å². The largest absolute Gasteiger partial charge is 0.324 e. The third kappa shape index (κ3) is 3.20. The molecule has 148 valence electrons. The molecule has 2 fully saturated rings. The second kappa shape index (κ2) is 7.11. The number of piperidine rings is 1. The second-order valence-corrected chi connectivity index (χ2v) is 9.15. The predicted octanol–water partition coefficient (Wildman–Crippen LogP) is 6.03. The molecule has 0 aliphatic carbocycles. The van der Waals surface area contributed by atoms with E-state index in [4.69, 9.17) is 0 Å². The van der Waals surface area contributed by atoms with Crippen LogP contribution in [-0.2, 0) is 0 Å². The van der Waals surface area contributed by atoms with Crippen molar-refractivity contribution >= 4 is 5.57 Å². The maximum absolute atomic E-state index is 14.3. The Morgan fingerprint density at radius 2 is 1.32 bits per heavy atom. The molecule has 28 heavy (non-hydrogen) atoms. The van der Waals surface area contributed by atoms with Crippen LogP contribution in [0.4, 0.5) is 8.78 Å². The Bertz CT molecular complexity index is 859. The van der Waals surface area contributed by atoms with Gasteiger partial charge in [0, 0.05) is 25.7 Å². The molecule has 2 aromatic carbocycles. The number of nitrogens with zero attached hydrogens (tertiary/aromatic N) is 1. The summed E-state index contributed by atoms with van der Waals surface area (Å²) < 4.78 is 29.8. The second-order valence-electron chi connectivity index (χ2n) is 9.15. The van der Waals surface area contributed by atoms with Gasteiger partial charge in [-0.05, 0) is 59.7 Å². The zero-order chi connectivity index (χ0) is 20.1. The van der Waals surface area contributed by atoms with Crippen LogP contribution in [0.2, 0.25) is 0 Å². The van der Waals surface area contributed by atoms with E-state index < -0.39 is 0 Å². The van der Waals surface area contributed by atoms with E-state index in [1.54, 1.807) is 12.1 Å². The molecule has 0 spiro atoms. The summed E-state index contributed by atoms with van der Waals surface area (Å²) in [6, 6.07) is 11.8. The fourth-order valence-corrected chi connectivity index (χ4v) is 5.42. The molecule has 2 aliphatic rings. The standard InChI is InChI=1S/C25H30F2N/c1-16-21(7-5-9-24(16)26)23(22-8-6-10-25(27)17(22)2)15-18-13-19-11-12-20(14-18)28(19,3)4/h5-10,15,18-20H,11-14H2,1-4H3/q+1/t19-,20-/m0/s1. The molecule has 2 heterocycles. The van der Waals surface area contributed by atoms with Gasteiger partial charge in [-0.2, -0.15) is 0 Å². The van der Waals surface area contributed by atoms with Crippen molar-refractivity contribution in [2.75, 3.05) is 14.1 Å². The number of allylic oxidation sites excluding steroid dienone is 1.